The molecule has 1 rings (SSSR count). The highest BCUT2D eigenvalue weighted by Crippen LogP contribution is 2.23. The minimum Gasteiger partial charge on any atom is -0.480 e. The lowest BCUT2D eigenvalue weighted by Gasteiger charge is -2.22. The van der Waals surface area contributed by atoms with E-state index < -0.39 is 35.5 Å². The van der Waals surface area contributed by atoms with Crippen LogP contribution < -0.4 is 11.1 Å². The lowest BCUT2D eigenvalue weighted by Crippen LogP contribution is -2.49. The molecule has 1 aromatic carbocycles. The molecule has 2 atom stereocenters. The summed E-state index contributed by atoms with van der Waals surface area (Å²) in [5.74, 6) is -2.19. The fourth-order valence-corrected chi connectivity index (χ4v) is 2.68. The van der Waals surface area contributed by atoms with Crippen molar-refractivity contribution < 1.29 is 24.2 Å². The third-order valence-electron chi connectivity index (χ3n) is 4.26. The molecule has 7 nitrogen and oxygen atoms in total. The summed E-state index contributed by atoms with van der Waals surface area (Å²) in [5.41, 5.74) is 7.06. The molecule has 1 aromatic rings. The highest BCUT2D eigenvalue weighted by atomic mass is 16.6. The van der Waals surface area contributed by atoms with Crippen LogP contribution in [0.25, 0.3) is 0 Å². The monoisotopic (exact) mass is 406 g/mol. The van der Waals surface area contributed by atoms with Gasteiger partial charge in [-0.1, -0.05) is 45.0 Å². The maximum absolute atomic E-state index is 12.3. The van der Waals surface area contributed by atoms with Crippen LogP contribution in [0.1, 0.15) is 65.5 Å². The van der Waals surface area contributed by atoms with E-state index in [-0.39, 0.29) is 24.7 Å². The van der Waals surface area contributed by atoms with E-state index in [4.69, 9.17) is 10.5 Å². The molecule has 0 unspecified atom stereocenters. The zero-order valence-corrected chi connectivity index (χ0v) is 18.2. The lowest BCUT2D eigenvalue weighted by molar-refractivity contribution is -0.155. The van der Waals surface area contributed by atoms with Crippen molar-refractivity contribution in [1.29, 1.82) is 0 Å². The molecule has 29 heavy (non-hydrogen) atoms. The number of carbonyl (C=O) groups excluding carboxylic acids is 2. The van der Waals surface area contributed by atoms with Crippen LogP contribution in [0, 0.1) is 0 Å². The number of rotatable bonds is 8. The Kier molecular flexibility index (Phi) is 8.38. The number of carboxylic acids is 1. The molecule has 0 aromatic heterocycles. The highest BCUT2D eigenvalue weighted by molar-refractivity contribution is 5.87. The Morgan fingerprint density at radius 1 is 1.14 bits per heavy atom. The zero-order valence-electron chi connectivity index (χ0n) is 18.2. The number of aliphatic carboxylic acids is 1. The number of carboxylic acid groups (broad SMARTS) is 1. The van der Waals surface area contributed by atoms with E-state index in [0.29, 0.717) is 0 Å². The van der Waals surface area contributed by atoms with E-state index in [1.165, 1.54) is 0 Å². The van der Waals surface area contributed by atoms with Crippen LogP contribution in [0.15, 0.2) is 24.3 Å². The van der Waals surface area contributed by atoms with E-state index >= 15 is 0 Å². The Morgan fingerprint density at radius 3 is 2.28 bits per heavy atom. The Morgan fingerprint density at radius 2 is 1.76 bits per heavy atom. The summed E-state index contributed by atoms with van der Waals surface area (Å²) >= 11 is 0. The van der Waals surface area contributed by atoms with E-state index in [0.717, 1.165) is 11.1 Å². The molecule has 0 aliphatic rings. The van der Waals surface area contributed by atoms with Gasteiger partial charge in [0.25, 0.3) is 0 Å². The van der Waals surface area contributed by atoms with E-state index in [1.807, 2.05) is 24.3 Å². The number of benzene rings is 1. The molecule has 0 bridgehead atoms. The van der Waals surface area contributed by atoms with Gasteiger partial charge in [-0.3, -0.25) is 9.59 Å². The first-order valence-electron chi connectivity index (χ1n) is 9.79. The van der Waals surface area contributed by atoms with Crippen molar-refractivity contribution >= 4 is 17.8 Å². The van der Waals surface area contributed by atoms with Gasteiger partial charge >= 0.3 is 11.9 Å². The Hall–Kier alpha value is -2.41. The van der Waals surface area contributed by atoms with E-state index in [2.05, 4.69) is 26.1 Å². The standard InChI is InChI=1S/C22H34N2O5/c1-21(2,3)15-9-7-8-14(12-15)13-17(20(27)28)24-19(26)16(23)10-11-18(25)29-22(4,5)6/h7-9,12,16-17H,10-11,13,23H2,1-6H3,(H,24,26)(H,27,28)/t16-,17-/m0/s1. The maximum Gasteiger partial charge on any atom is 0.326 e. The van der Waals surface area contributed by atoms with Gasteiger partial charge in [0.05, 0.1) is 6.04 Å². The number of nitrogens with one attached hydrogen (secondary N) is 1. The van der Waals surface area contributed by atoms with Crippen LogP contribution in [0.2, 0.25) is 0 Å². The van der Waals surface area contributed by atoms with Gasteiger partial charge < -0.3 is 20.9 Å². The van der Waals surface area contributed by atoms with Crippen LogP contribution in [0.5, 0.6) is 0 Å². The minimum atomic E-state index is -1.14. The van der Waals surface area contributed by atoms with Crippen molar-refractivity contribution in [3.05, 3.63) is 35.4 Å². The predicted molar refractivity (Wildman–Crippen MR) is 111 cm³/mol. The number of ether oxygens (including phenoxy) is 1. The third kappa shape index (κ3) is 9.09. The first kappa shape index (κ1) is 24.6. The topological polar surface area (TPSA) is 119 Å². The molecule has 0 spiro atoms. The molecular formula is C22H34N2O5. The largest absolute Gasteiger partial charge is 0.480 e. The van der Waals surface area contributed by atoms with Crippen LogP contribution in [-0.2, 0) is 31.0 Å². The van der Waals surface area contributed by atoms with Crippen LogP contribution in [0.4, 0.5) is 0 Å². The van der Waals surface area contributed by atoms with E-state index in [9.17, 15) is 19.5 Å². The summed E-state index contributed by atoms with van der Waals surface area (Å²) in [5, 5.41) is 12.0. The third-order valence-corrected chi connectivity index (χ3v) is 4.26. The van der Waals surface area contributed by atoms with Crippen LogP contribution in [-0.4, -0.2) is 40.6 Å². The average Bonchev–Trinajstić information content (AvgIpc) is 2.56. The van der Waals surface area contributed by atoms with Gasteiger partial charge in [0.2, 0.25) is 5.91 Å². The quantitative estimate of drug-likeness (QED) is 0.571. The molecule has 0 radical (unpaired) electrons. The normalized spacial score (nSPS) is 14.0. The van der Waals surface area contributed by atoms with Gasteiger partial charge in [-0.2, -0.15) is 0 Å². The number of hydrogen-bond donors (Lipinski definition) is 3. The van der Waals surface area contributed by atoms with Crippen LogP contribution >= 0.6 is 0 Å². The number of esters is 1. The first-order valence-corrected chi connectivity index (χ1v) is 9.79. The summed E-state index contributed by atoms with van der Waals surface area (Å²) in [4.78, 5) is 35.7. The van der Waals surface area contributed by atoms with Gasteiger partial charge in [0.1, 0.15) is 11.6 Å². The van der Waals surface area contributed by atoms with Gasteiger partial charge in [0, 0.05) is 12.8 Å². The molecule has 4 N–H and O–H groups in total. The number of nitrogens with two attached hydrogens (primary N) is 1. The zero-order chi connectivity index (χ0) is 22.4. The van der Waals surface area contributed by atoms with Crippen molar-refractivity contribution in [3.8, 4) is 0 Å². The fourth-order valence-electron chi connectivity index (χ4n) is 2.68. The Labute approximate surface area is 173 Å². The Bertz CT molecular complexity index is 731. The molecule has 0 aliphatic carbocycles. The summed E-state index contributed by atoms with van der Waals surface area (Å²) in [6.45, 7) is 11.5. The summed E-state index contributed by atoms with van der Waals surface area (Å²) in [7, 11) is 0. The Balaban J connectivity index is 2.70. The van der Waals surface area contributed by atoms with Crippen molar-refractivity contribution in [3.63, 3.8) is 0 Å². The summed E-state index contributed by atoms with van der Waals surface area (Å²) in [6, 6.07) is 5.55. The second-order valence-electron chi connectivity index (χ2n) is 9.29. The van der Waals surface area contributed by atoms with Gasteiger partial charge in [-0.15, -0.1) is 0 Å². The molecule has 162 valence electrons. The second-order valence-corrected chi connectivity index (χ2v) is 9.29. The summed E-state index contributed by atoms with van der Waals surface area (Å²) in [6.07, 6.45) is 0.202. The van der Waals surface area contributed by atoms with Crippen LogP contribution in [0.3, 0.4) is 0 Å². The SMILES string of the molecule is CC(C)(C)OC(=O)CC[C@H](N)C(=O)N[C@@H](Cc1cccc(C(C)(C)C)c1)C(=O)O. The number of amides is 1. The molecule has 7 heteroatoms. The molecular weight excluding hydrogens is 372 g/mol. The molecule has 0 saturated heterocycles. The highest BCUT2D eigenvalue weighted by Gasteiger charge is 2.25. The van der Waals surface area contributed by atoms with E-state index in [1.54, 1.807) is 20.8 Å². The molecule has 0 saturated carbocycles. The van der Waals surface area contributed by atoms with Crippen molar-refractivity contribution in [1.82, 2.24) is 5.32 Å². The molecule has 0 heterocycles. The van der Waals surface area contributed by atoms with Gasteiger partial charge in [-0.25, -0.2) is 4.79 Å². The van der Waals surface area contributed by atoms with Gasteiger partial charge in [0.15, 0.2) is 0 Å². The van der Waals surface area contributed by atoms with Crippen molar-refractivity contribution in [2.45, 2.75) is 83.9 Å². The first-order chi connectivity index (χ1) is 13.2. The fraction of sp³-hybridized carbons (Fsp3) is 0.591. The predicted octanol–water partition coefficient (Wildman–Crippen LogP) is 2.55. The second kappa shape index (κ2) is 9.87. The molecule has 0 aliphatic heterocycles. The molecule has 1 amide bonds. The lowest BCUT2D eigenvalue weighted by atomic mass is 9.85. The van der Waals surface area contributed by atoms with Gasteiger partial charge in [-0.05, 0) is 43.7 Å². The smallest absolute Gasteiger partial charge is 0.326 e. The maximum atomic E-state index is 12.3. The average molecular weight is 407 g/mol. The minimum absolute atomic E-state index is 0.0166. The van der Waals surface area contributed by atoms with Crippen molar-refractivity contribution in [2.24, 2.45) is 5.73 Å². The summed E-state index contributed by atoms with van der Waals surface area (Å²) < 4.78 is 5.18. The van der Waals surface area contributed by atoms with Crippen molar-refractivity contribution in [2.75, 3.05) is 0 Å². The molecule has 0 fully saturated rings. The number of hydrogen-bond acceptors (Lipinski definition) is 5. The number of carbonyl (C=O) groups is 3.